The Kier molecular flexibility index (Phi) is 7.22. The lowest BCUT2D eigenvalue weighted by Gasteiger charge is -2.61. The van der Waals surface area contributed by atoms with Crippen molar-refractivity contribution in [1.29, 1.82) is 0 Å². The lowest BCUT2D eigenvalue weighted by Crippen LogP contribution is -2.58. The Morgan fingerprint density at radius 1 is 1.14 bits per heavy atom. The highest BCUT2D eigenvalue weighted by Gasteiger charge is 2.62. The minimum atomic E-state index is -0.279. The molecule has 200 valence electrons. The first kappa shape index (κ1) is 26.4. The number of carbonyl (C=O) groups is 2. The Morgan fingerprint density at radius 2 is 1.89 bits per heavy atom. The van der Waals surface area contributed by atoms with E-state index in [2.05, 4.69) is 57.4 Å². The molecule has 0 radical (unpaired) electrons. The van der Waals surface area contributed by atoms with Gasteiger partial charge in [-0.25, -0.2) is 0 Å². The molecule has 1 aromatic heterocycles. The highest BCUT2D eigenvalue weighted by atomic mass is 32.1. The molecule has 0 aliphatic heterocycles. The summed E-state index contributed by atoms with van der Waals surface area (Å²) in [6, 6.07) is 4.27. The van der Waals surface area contributed by atoms with E-state index in [4.69, 9.17) is 0 Å². The lowest BCUT2D eigenvalue weighted by atomic mass is 9.44. The van der Waals surface area contributed by atoms with Crippen LogP contribution in [0.1, 0.15) is 103 Å². The van der Waals surface area contributed by atoms with Crippen LogP contribution < -0.4 is 5.32 Å². The number of thiophene rings is 1. The van der Waals surface area contributed by atoms with Crippen LogP contribution in [0.15, 0.2) is 17.5 Å². The molecule has 1 aromatic rings. The van der Waals surface area contributed by atoms with E-state index < -0.39 is 0 Å². The lowest BCUT2D eigenvalue weighted by molar-refractivity contribution is -0.169. The summed E-state index contributed by atoms with van der Waals surface area (Å²) in [7, 11) is 0. The van der Waals surface area contributed by atoms with E-state index in [9.17, 15) is 14.7 Å². The van der Waals surface area contributed by atoms with Gasteiger partial charge in [0.1, 0.15) is 5.78 Å². The second-order valence-electron chi connectivity index (χ2n) is 13.8. The summed E-state index contributed by atoms with van der Waals surface area (Å²) >= 11 is 1.72. The van der Waals surface area contributed by atoms with Gasteiger partial charge in [-0.05, 0) is 102 Å². The van der Waals surface area contributed by atoms with E-state index in [1.54, 1.807) is 11.3 Å². The van der Waals surface area contributed by atoms with Crippen molar-refractivity contribution in [3.05, 3.63) is 22.4 Å². The molecule has 1 heterocycles. The average molecular weight is 514 g/mol. The summed E-state index contributed by atoms with van der Waals surface area (Å²) in [5.41, 5.74) is 0.400. The molecule has 4 aliphatic carbocycles. The molecule has 4 aliphatic rings. The minimum absolute atomic E-state index is 0.0838. The molecule has 5 unspecified atom stereocenters. The number of ketones is 1. The number of rotatable bonds is 6. The van der Waals surface area contributed by atoms with Crippen LogP contribution in [0.4, 0.5) is 0 Å². The van der Waals surface area contributed by atoms with Gasteiger partial charge in [0.15, 0.2) is 0 Å². The van der Waals surface area contributed by atoms with E-state index in [-0.39, 0.29) is 28.9 Å². The molecule has 5 heteroatoms. The van der Waals surface area contributed by atoms with Gasteiger partial charge in [0, 0.05) is 24.1 Å². The number of aliphatic hydroxyl groups excluding tert-OH is 1. The van der Waals surface area contributed by atoms with Crippen molar-refractivity contribution >= 4 is 23.0 Å². The maximum absolute atomic E-state index is 13.2. The molecule has 4 saturated carbocycles. The number of fused-ring (bicyclic) bond motifs is 5. The molecule has 0 saturated heterocycles. The number of amides is 1. The Balaban J connectivity index is 1.28. The molecule has 5 rings (SSSR count). The number of Topliss-reactive ketones (excluding diaryl/α,β-unsaturated/α-hetero) is 1. The van der Waals surface area contributed by atoms with Crippen LogP contribution in [-0.4, -0.2) is 22.9 Å². The largest absolute Gasteiger partial charge is 0.393 e. The van der Waals surface area contributed by atoms with Crippen LogP contribution in [0, 0.1) is 52.3 Å². The molecule has 1 amide bonds. The average Bonchev–Trinajstić information content (AvgIpc) is 3.46. The first-order valence-corrected chi connectivity index (χ1v) is 15.4. The second kappa shape index (κ2) is 9.84. The van der Waals surface area contributed by atoms with Gasteiger partial charge in [-0.1, -0.05) is 40.7 Å². The molecule has 0 bridgehead atoms. The molecule has 4 nitrogen and oxygen atoms in total. The van der Waals surface area contributed by atoms with Crippen LogP contribution in [-0.2, 0) is 9.59 Å². The number of nitrogens with one attached hydrogen (secondary N) is 1. The van der Waals surface area contributed by atoms with Crippen molar-refractivity contribution in [2.45, 2.75) is 105 Å². The number of hydrogen-bond acceptors (Lipinski definition) is 4. The van der Waals surface area contributed by atoms with E-state index in [1.165, 1.54) is 30.6 Å². The monoisotopic (exact) mass is 513 g/mol. The smallest absolute Gasteiger partial charge is 0.220 e. The van der Waals surface area contributed by atoms with Gasteiger partial charge in [0.2, 0.25) is 5.91 Å². The first-order chi connectivity index (χ1) is 17.0. The number of hydrogen-bond donors (Lipinski definition) is 2. The Labute approximate surface area is 222 Å². The highest BCUT2D eigenvalue weighted by Crippen LogP contribution is 2.68. The maximum Gasteiger partial charge on any atom is 0.220 e. The van der Waals surface area contributed by atoms with Gasteiger partial charge in [-0.3, -0.25) is 9.59 Å². The summed E-state index contributed by atoms with van der Waals surface area (Å²) < 4.78 is 0. The zero-order chi connectivity index (χ0) is 25.8. The van der Waals surface area contributed by atoms with Crippen LogP contribution >= 0.6 is 11.3 Å². The molecular weight excluding hydrogens is 466 g/mol. The van der Waals surface area contributed by atoms with Gasteiger partial charge in [0.25, 0.3) is 0 Å². The summed E-state index contributed by atoms with van der Waals surface area (Å²) in [6.45, 7) is 11.6. The summed E-state index contributed by atoms with van der Waals surface area (Å²) in [5.74, 6) is 3.58. The van der Waals surface area contributed by atoms with Gasteiger partial charge in [-0.2, -0.15) is 0 Å². The minimum Gasteiger partial charge on any atom is -0.393 e. The standard InChI is InChI=1S/C31H47NO3S/c1-18(2)29(26-7-6-14-36-26)32-27(35)15-19(3)22-8-9-23-28-24(11-13-31(22,23)5)30(4)12-10-21(33)16-20(30)17-25(28)34/h6-7,14,18-20,22-25,28-29,34H,8-13,15-17H2,1-5H3,(H,32,35)/t19-,20?,22?,23+,24+,25-,28?,29+,30?,31?/m1/s1. The molecule has 0 aromatic carbocycles. The van der Waals surface area contributed by atoms with Crippen molar-refractivity contribution < 1.29 is 14.7 Å². The van der Waals surface area contributed by atoms with E-state index in [1.807, 2.05) is 0 Å². The van der Waals surface area contributed by atoms with Crippen LogP contribution in [0.3, 0.4) is 0 Å². The summed E-state index contributed by atoms with van der Waals surface area (Å²) in [6.07, 6.45) is 8.23. The fourth-order valence-electron chi connectivity index (χ4n) is 9.69. The molecule has 2 N–H and O–H groups in total. The Hall–Kier alpha value is -1.20. The van der Waals surface area contributed by atoms with Crippen molar-refractivity contribution in [3.63, 3.8) is 0 Å². The zero-order valence-electron chi connectivity index (χ0n) is 23.0. The number of aliphatic hydroxyl groups is 1. The molecule has 0 spiro atoms. The predicted octanol–water partition coefficient (Wildman–Crippen LogP) is 6.79. The fraction of sp³-hybridized carbons (Fsp3) is 0.806. The van der Waals surface area contributed by atoms with Crippen LogP contribution in [0.5, 0.6) is 0 Å². The molecule has 10 atom stereocenters. The SMILES string of the molecule is CC(C)[C@H](NC(=O)C[C@@H](C)C1CC[C@H]2C3[C@H](O)CC4CC(=O)CCC4(C)[C@H]3CCC12C)c1cccs1. The van der Waals surface area contributed by atoms with Crippen molar-refractivity contribution in [2.75, 3.05) is 0 Å². The first-order valence-electron chi connectivity index (χ1n) is 14.6. The fourth-order valence-corrected chi connectivity index (χ4v) is 10.6. The van der Waals surface area contributed by atoms with Crippen molar-refractivity contribution in [3.8, 4) is 0 Å². The Morgan fingerprint density at radius 3 is 2.58 bits per heavy atom. The zero-order valence-corrected chi connectivity index (χ0v) is 23.8. The summed E-state index contributed by atoms with van der Waals surface area (Å²) in [5, 5.41) is 16.9. The highest BCUT2D eigenvalue weighted by molar-refractivity contribution is 7.10. The number of carbonyl (C=O) groups excluding carboxylic acids is 2. The third kappa shape index (κ3) is 4.40. The Bertz CT molecular complexity index is 959. The third-order valence-electron chi connectivity index (χ3n) is 11.6. The normalized spacial score (nSPS) is 41.8. The van der Waals surface area contributed by atoms with Crippen LogP contribution in [0.2, 0.25) is 0 Å². The van der Waals surface area contributed by atoms with Gasteiger partial charge in [-0.15, -0.1) is 11.3 Å². The topological polar surface area (TPSA) is 66.4 Å². The second-order valence-corrected chi connectivity index (χ2v) is 14.7. The van der Waals surface area contributed by atoms with Crippen LogP contribution in [0.25, 0.3) is 0 Å². The predicted molar refractivity (Wildman–Crippen MR) is 145 cm³/mol. The van der Waals surface area contributed by atoms with E-state index >= 15 is 0 Å². The van der Waals surface area contributed by atoms with Gasteiger partial charge in [0.05, 0.1) is 12.1 Å². The van der Waals surface area contributed by atoms with Gasteiger partial charge >= 0.3 is 0 Å². The molecular formula is C31H47NO3S. The third-order valence-corrected chi connectivity index (χ3v) is 12.6. The molecule has 4 fully saturated rings. The van der Waals surface area contributed by atoms with Crippen molar-refractivity contribution in [1.82, 2.24) is 5.32 Å². The maximum atomic E-state index is 13.2. The van der Waals surface area contributed by atoms with Gasteiger partial charge < -0.3 is 10.4 Å². The van der Waals surface area contributed by atoms with E-state index in [0.717, 1.165) is 19.3 Å². The quantitative estimate of drug-likeness (QED) is 0.440. The van der Waals surface area contributed by atoms with E-state index in [0.29, 0.717) is 60.1 Å². The summed E-state index contributed by atoms with van der Waals surface area (Å²) in [4.78, 5) is 26.7. The van der Waals surface area contributed by atoms with Crippen molar-refractivity contribution in [2.24, 2.45) is 52.3 Å². The molecule has 36 heavy (non-hydrogen) atoms.